The van der Waals surface area contributed by atoms with Crippen LogP contribution in [0.3, 0.4) is 0 Å². The molecule has 0 aromatic heterocycles. The van der Waals surface area contributed by atoms with Crippen LogP contribution in [0.1, 0.15) is 25.7 Å². The first kappa shape index (κ1) is 12.0. The molecule has 5 heteroatoms. The molecule has 0 spiro atoms. The molecular weight excluding hydrogens is 198 g/mol. The van der Waals surface area contributed by atoms with Gasteiger partial charge in [0.25, 0.3) is 0 Å². The molecule has 1 rings (SSSR count). The Bertz CT molecular complexity index is 242. The standard InChI is InChI=1S/C10H17NO4/c1-15-8(6-10(13)14)7-11-5-3-2-4-9(11)12/h8H,2-7H2,1H3,(H,13,14). The summed E-state index contributed by atoms with van der Waals surface area (Å²) in [5.41, 5.74) is 0. The van der Waals surface area contributed by atoms with E-state index in [2.05, 4.69) is 0 Å². The van der Waals surface area contributed by atoms with E-state index in [0.717, 1.165) is 19.4 Å². The molecule has 0 saturated carbocycles. The predicted octanol–water partition coefficient (Wildman–Crippen LogP) is 0.489. The second-order valence-electron chi connectivity index (χ2n) is 3.75. The van der Waals surface area contributed by atoms with E-state index in [1.54, 1.807) is 4.90 Å². The molecular formula is C10H17NO4. The van der Waals surface area contributed by atoms with Gasteiger partial charge >= 0.3 is 5.97 Å². The van der Waals surface area contributed by atoms with Crippen LogP contribution in [0.4, 0.5) is 0 Å². The van der Waals surface area contributed by atoms with Crippen molar-refractivity contribution in [2.24, 2.45) is 0 Å². The fourth-order valence-electron chi connectivity index (χ4n) is 1.72. The van der Waals surface area contributed by atoms with Gasteiger partial charge in [-0.15, -0.1) is 0 Å². The van der Waals surface area contributed by atoms with E-state index in [4.69, 9.17) is 9.84 Å². The molecule has 1 amide bonds. The number of aliphatic carboxylic acids is 1. The summed E-state index contributed by atoms with van der Waals surface area (Å²) < 4.78 is 5.04. The van der Waals surface area contributed by atoms with Crippen LogP contribution < -0.4 is 0 Å². The number of carboxylic acid groups (broad SMARTS) is 1. The van der Waals surface area contributed by atoms with E-state index in [0.29, 0.717) is 13.0 Å². The Morgan fingerprint density at radius 1 is 1.60 bits per heavy atom. The number of ether oxygens (including phenoxy) is 1. The largest absolute Gasteiger partial charge is 0.481 e. The molecule has 1 saturated heterocycles. The lowest BCUT2D eigenvalue weighted by molar-refractivity contribution is -0.142. The zero-order valence-electron chi connectivity index (χ0n) is 8.94. The summed E-state index contributed by atoms with van der Waals surface area (Å²) in [5, 5.41) is 8.63. The van der Waals surface area contributed by atoms with Gasteiger partial charge in [0.15, 0.2) is 0 Å². The number of amides is 1. The number of hydrogen-bond donors (Lipinski definition) is 1. The number of carbonyl (C=O) groups is 2. The SMILES string of the molecule is COC(CC(=O)O)CN1CCCCC1=O. The fourth-order valence-corrected chi connectivity index (χ4v) is 1.72. The molecule has 0 aliphatic carbocycles. The van der Waals surface area contributed by atoms with Crippen LogP contribution >= 0.6 is 0 Å². The monoisotopic (exact) mass is 215 g/mol. The molecule has 1 heterocycles. The average molecular weight is 215 g/mol. The maximum Gasteiger partial charge on any atom is 0.306 e. The summed E-state index contributed by atoms with van der Waals surface area (Å²) in [6.07, 6.45) is 2.05. The Balaban J connectivity index is 2.42. The third-order valence-electron chi connectivity index (χ3n) is 2.58. The lowest BCUT2D eigenvalue weighted by atomic mass is 10.1. The van der Waals surface area contributed by atoms with E-state index in [9.17, 15) is 9.59 Å². The number of carboxylic acids is 1. The van der Waals surface area contributed by atoms with E-state index in [1.807, 2.05) is 0 Å². The van der Waals surface area contributed by atoms with Gasteiger partial charge in [0.1, 0.15) is 0 Å². The maximum absolute atomic E-state index is 11.5. The quantitative estimate of drug-likeness (QED) is 0.724. The highest BCUT2D eigenvalue weighted by Gasteiger charge is 2.22. The minimum absolute atomic E-state index is 0.0553. The van der Waals surface area contributed by atoms with Crippen molar-refractivity contribution in [3.8, 4) is 0 Å². The van der Waals surface area contributed by atoms with E-state index >= 15 is 0 Å². The first-order chi connectivity index (χ1) is 7.13. The van der Waals surface area contributed by atoms with Crippen molar-refractivity contribution in [2.75, 3.05) is 20.2 Å². The van der Waals surface area contributed by atoms with Crippen LogP contribution in [0.25, 0.3) is 0 Å². The van der Waals surface area contributed by atoms with Crippen LogP contribution in [0.5, 0.6) is 0 Å². The molecule has 1 fully saturated rings. The minimum Gasteiger partial charge on any atom is -0.481 e. The highest BCUT2D eigenvalue weighted by molar-refractivity contribution is 5.77. The third-order valence-corrected chi connectivity index (χ3v) is 2.58. The zero-order valence-corrected chi connectivity index (χ0v) is 8.94. The van der Waals surface area contributed by atoms with Crippen LogP contribution in [-0.4, -0.2) is 48.2 Å². The number of piperidine rings is 1. The topological polar surface area (TPSA) is 66.8 Å². The number of methoxy groups -OCH3 is 1. The van der Waals surface area contributed by atoms with Gasteiger partial charge in [-0.2, -0.15) is 0 Å². The number of rotatable bonds is 5. The lowest BCUT2D eigenvalue weighted by Crippen LogP contribution is -2.41. The summed E-state index contributed by atoms with van der Waals surface area (Å²) in [6.45, 7) is 1.11. The second-order valence-corrected chi connectivity index (χ2v) is 3.75. The second kappa shape index (κ2) is 5.70. The highest BCUT2D eigenvalue weighted by Crippen LogP contribution is 2.12. The Kier molecular flexibility index (Phi) is 4.55. The smallest absolute Gasteiger partial charge is 0.306 e. The van der Waals surface area contributed by atoms with Crippen LogP contribution in [0.2, 0.25) is 0 Å². The van der Waals surface area contributed by atoms with Gasteiger partial charge in [-0.1, -0.05) is 0 Å². The first-order valence-electron chi connectivity index (χ1n) is 5.16. The van der Waals surface area contributed by atoms with Gasteiger partial charge in [0, 0.05) is 26.6 Å². The molecule has 0 aromatic rings. The first-order valence-corrected chi connectivity index (χ1v) is 5.16. The minimum atomic E-state index is -0.897. The summed E-state index contributed by atoms with van der Waals surface area (Å²) in [6, 6.07) is 0. The lowest BCUT2D eigenvalue weighted by Gasteiger charge is -2.29. The number of carbonyl (C=O) groups excluding carboxylic acids is 1. The molecule has 0 bridgehead atoms. The van der Waals surface area contributed by atoms with Gasteiger partial charge in [-0.05, 0) is 12.8 Å². The Morgan fingerprint density at radius 2 is 2.33 bits per heavy atom. The molecule has 0 aromatic carbocycles. The van der Waals surface area contributed by atoms with Crippen molar-refractivity contribution >= 4 is 11.9 Å². The van der Waals surface area contributed by atoms with Crippen molar-refractivity contribution in [1.82, 2.24) is 4.90 Å². The molecule has 1 atom stereocenters. The molecule has 5 nitrogen and oxygen atoms in total. The fraction of sp³-hybridized carbons (Fsp3) is 0.800. The maximum atomic E-state index is 11.5. The van der Waals surface area contributed by atoms with E-state index in [-0.39, 0.29) is 12.3 Å². The Labute approximate surface area is 89.0 Å². The molecule has 1 N–H and O–H groups in total. The molecule has 15 heavy (non-hydrogen) atoms. The van der Waals surface area contributed by atoms with Gasteiger partial charge in [0.05, 0.1) is 12.5 Å². The van der Waals surface area contributed by atoms with E-state index < -0.39 is 12.1 Å². The van der Waals surface area contributed by atoms with Crippen molar-refractivity contribution < 1.29 is 19.4 Å². The average Bonchev–Trinajstić information content (AvgIpc) is 2.19. The molecule has 1 aliphatic rings. The Morgan fingerprint density at radius 3 is 2.87 bits per heavy atom. The summed E-state index contributed by atoms with van der Waals surface area (Å²) in [5.74, 6) is -0.792. The third kappa shape index (κ3) is 3.87. The van der Waals surface area contributed by atoms with Crippen molar-refractivity contribution in [2.45, 2.75) is 31.8 Å². The van der Waals surface area contributed by atoms with Gasteiger partial charge in [0.2, 0.25) is 5.91 Å². The van der Waals surface area contributed by atoms with Crippen molar-refractivity contribution in [1.29, 1.82) is 0 Å². The number of nitrogens with zero attached hydrogens (tertiary/aromatic N) is 1. The molecule has 86 valence electrons. The van der Waals surface area contributed by atoms with Crippen LogP contribution in [0.15, 0.2) is 0 Å². The summed E-state index contributed by atoms with van der Waals surface area (Å²) in [7, 11) is 1.47. The van der Waals surface area contributed by atoms with Crippen LogP contribution in [0, 0.1) is 0 Å². The van der Waals surface area contributed by atoms with Crippen LogP contribution in [-0.2, 0) is 14.3 Å². The molecule has 1 aliphatic heterocycles. The summed E-state index contributed by atoms with van der Waals surface area (Å²) in [4.78, 5) is 23.7. The van der Waals surface area contributed by atoms with Gasteiger partial charge in [-0.3, -0.25) is 9.59 Å². The van der Waals surface area contributed by atoms with Gasteiger partial charge < -0.3 is 14.7 Å². The van der Waals surface area contributed by atoms with Gasteiger partial charge in [-0.25, -0.2) is 0 Å². The molecule has 1 unspecified atom stereocenters. The highest BCUT2D eigenvalue weighted by atomic mass is 16.5. The Hall–Kier alpha value is -1.10. The van der Waals surface area contributed by atoms with Crippen molar-refractivity contribution in [3.05, 3.63) is 0 Å². The molecule has 0 radical (unpaired) electrons. The normalized spacial score (nSPS) is 19.0. The predicted molar refractivity (Wildman–Crippen MR) is 53.5 cm³/mol. The number of likely N-dealkylation sites (tertiary alicyclic amines) is 1. The number of hydrogen-bond acceptors (Lipinski definition) is 3. The zero-order chi connectivity index (χ0) is 11.3. The van der Waals surface area contributed by atoms with Crippen molar-refractivity contribution in [3.63, 3.8) is 0 Å². The summed E-state index contributed by atoms with van der Waals surface area (Å²) >= 11 is 0. The van der Waals surface area contributed by atoms with E-state index in [1.165, 1.54) is 7.11 Å².